The minimum absolute atomic E-state index is 0.122. The van der Waals surface area contributed by atoms with E-state index in [9.17, 15) is 4.79 Å². The molecule has 0 aliphatic heterocycles. The van der Waals surface area contributed by atoms with Crippen molar-refractivity contribution in [1.29, 1.82) is 0 Å². The highest BCUT2D eigenvalue weighted by molar-refractivity contribution is 8.00. The summed E-state index contributed by atoms with van der Waals surface area (Å²) in [7, 11) is 0. The van der Waals surface area contributed by atoms with Gasteiger partial charge in [0.2, 0.25) is 5.76 Å². The zero-order valence-corrected chi connectivity index (χ0v) is 19.0. The summed E-state index contributed by atoms with van der Waals surface area (Å²) in [6.07, 6.45) is 12.6. The van der Waals surface area contributed by atoms with Gasteiger partial charge in [-0.3, -0.25) is 4.79 Å². The minimum Gasteiger partial charge on any atom is -0.473 e. The van der Waals surface area contributed by atoms with Crippen molar-refractivity contribution in [1.82, 2.24) is 15.3 Å². The first-order valence-electron chi connectivity index (χ1n) is 11.6. The van der Waals surface area contributed by atoms with E-state index in [-0.39, 0.29) is 11.9 Å². The Morgan fingerprint density at radius 3 is 2.47 bits per heavy atom. The van der Waals surface area contributed by atoms with E-state index < -0.39 is 0 Å². The van der Waals surface area contributed by atoms with Crippen LogP contribution in [-0.4, -0.2) is 35.5 Å². The maximum absolute atomic E-state index is 13.3. The van der Waals surface area contributed by atoms with E-state index >= 15 is 0 Å². The molecule has 0 unspecified atom stereocenters. The maximum atomic E-state index is 13.3. The van der Waals surface area contributed by atoms with Crippen molar-refractivity contribution >= 4 is 29.4 Å². The van der Waals surface area contributed by atoms with Gasteiger partial charge in [0.1, 0.15) is 11.5 Å². The van der Waals surface area contributed by atoms with Crippen molar-refractivity contribution in [2.45, 2.75) is 80.4 Å². The first kappa shape index (κ1) is 21.0. The highest BCUT2D eigenvalue weighted by atomic mass is 35.5. The number of hydrogen-bond donors (Lipinski definition) is 2. The third-order valence-corrected chi connectivity index (χ3v) is 9.21. The molecular weight excluding hydrogens is 422 g/mol. The van der Waals surface area contributed by atoms with Crippen molar-refractivity contribution < 1.29 is 14.1 Å². The number of rotatable bonds is 8. The number of amides is 1. The predicted octanol–water partition coefficient (Wildman–Crippen LogP) is 4.78. The number of nitrogens with one attached hydrogen (secondary N) is 2. The molecular formula is C22H32ClN3O3S. The average molecular weight is 454 g/mol. The van der Waals surface area contributed by atoms with Gasteiger partial charge in [-0.25, -0.2) is 4.84 Å². The van der Waals surface area contributed by atoms with Gasteiger partial charge in [0.15, 0.2) is 0 Å². The third-order valence-electron chi connectivity index (χ3n) is 7.62. The van der Waals surface area contributed by atoms with E-state index in [4.69, 9.17) is 21.0 Å². The molecule has 0 saturated heterocycles. The number of nitrogens with zero attached hydrogens (tertiary/aromatic N) is 1. The second-order valence-electron chi connectivity index (χ2n) is 9.69. The number of halogens is 1. The van der Waals surface area contributed by atoms with Crippen LogP contribution in [0.4, 0.5) is 0 Å². The number of ether oxygens (including phenoxy) is 1. The van der Waals surface area contributed by atoms with Crippen LogP contribution in [0.5, 0.6) is 5.88 Å². The van der Waals surface area contributed by atoms with Gasteiger partial charge in [0, 0.05) is 17.8 Å². The van der Waals surface area contributed by atoms with Gasteiger partial charge in [-0.1, -0.05) is 19.3 Å². The lowest BCUT2D eigenvalue weighted by Gasteiger charge is -2.54. The zero-order chi connectivity index (χ0) is 20.5. The molecule has 30 heavy (non-hydrogen) atoms. The van der Waals surface area contributed by atoms with Crippen LogP contribution in [0.3, 0.4) is 0 Å². The molecule has 5 saturated carbocycles. The molecule has 6 rings (SSSR count). The molecule has 2 N–H and O–H groups in total. The molecule has 166 valence electrons. The molecule has 6 nitrogen and oxygen atoms in total. The van der Waals surface area contributed by atoms with Crippen LogP contribution in [0, 0.1) is 23.7 Å². The van der Waals surface area contributed by atoms with E-state index in [1.54, 1.807) is 11.8 Å². The predicted molar refractivity (Wildman–Crippen MR) is 117 cm³/mol. The monoisotopic (exact) mass is 453 g/mol. The van der Waals surface area contributed by atoms with Crippen molar-refractivity contribution in [2.75, 3.05) is 13.2 Å². The quantitative estimate of drug-likeness (QED) is 0.436. The summed E-state index contributed by atoms with van der Waals surface area (Å²) in [6, 6.07) is 0.285. The van der Waals surface area contributed by atoms with Crippen molar-refractivity contribution in [3.63, 3.8) is 0 Å². The van der Waals surface area contributed by atoms with Gasteiger partial charge >= 0.3 is 0 Å². The molecule has 0 radical (unpaired) electrons. The Balaban J connectivity index is 1.31. The molecule has 4 bridgehead atoms. The Kier molecular flexibility index (Phi) is 6.49. The number of thioether (sulfide) groups is 1. The van der Waals surface area contributed by atoms with Crippen molar-refractivity contribution in [2.24, 2.45) is 23.7 Å². The van der Waals surface area contributed by atoms with Gasteiger partial charge in [-0.2, -0.15) is 0 Å². The third kappa shape index (κ3) is 4.35. The van der Waals surface area contributed by atoms with E-state index in [1.807, 2.05) is 0 Å². The fourth-order valence-corrected chi connectivity index (χ4v) is 7.93. The Bertz CT molecular complexity index is 724. The second-order valence-corrected chi connectivity index (χ2v) is 11.3. The van der Waals surface area contributed by atoms with Crippen LogP contribution in [0.1, 0.15) is 74.8 Å². The van der Waals surface area contributed by atoms with Crippen molar-refractivity contribution in [3.05, 3.63) is 5.76 Å². The van der Waals surface area contributed by atoms with Crippen LogP contribution in [-0.2, 0) is 0 Å². The molecule has 5 aliphatic rings. The molecule has 1 heterocycles. The Morgan fingerprint density at radius 2 is 1.80 bits per heavy atom. The first-order chi connectivity index (χ1) is 14.7. The molecule has 0 atom stereocenters. The van der Waals surface area contributed by atoms with Gasteiger partial charge < -0.3 is 14.6 Å². The van der Waals surface area contributed by atoms with E-state index in [1.165, 1.54) is 51.4 Å². The van der Waals surface area contributed by atoms with Crippen LogP contribution in [0.25, 0.3) is 0 Å². The zero-order valence-electron chi connectivity index (χ0n) is 17.4. The van der Waals surface area contributed by atoms with Crippen LogP contribution < -0.4 is 14.9 Å². The highest BCUT2D eigenvalue weighted by Crippen LogP contribution is 2.53. The summed E-state index contributed by atoms with van der Waals surface area (Å²) in [5.41, 5.74) is 0. The number of carbonyl (C=O) groups is 1. The normalized spacial score (nSPS) is 33.0. The SMILES string of the molecule is O=C(NC1C2CC3CC(C2)CC1C3)c1onc(OCCNCl)c1SC1CCCCC1. The fraction of sp³-hybridized carbons (Fsp3) is 0.818. The smallest absolute Gasteiger partial charge is 0.291 e. The fourth-order valence-electron chi connectivity index (χ4n) is 6.52. The Hall–Kier alpha value is -0.920. The summed E-state index contributed by atoms with van der Waals surface area (Å²) < 4.78 is 11.3. The van der Waals surface area contributed by atoms with Crippen LogP contribution in [0.2, 0.25) is 0 Å². The average Bonchev–Trinajstić information content (AvgIpc) is 3.13. The van der Waals surface area contributed by atoms with E-state index in [0.717, 1.165) is 29.6 Å². The van der Waals surface area contributed by atoms with Gasteiger partial charge in [0.05, 0.1) is 0 Å². The lowest BCUT2D eigenvalue weighted by Crippen LogP contribution is -2.55. The molecule has 0 spiro atoms. The van der Waals surface area contributed by atoms with Crippen molar-refractivity contribution in [3.8, 4) is 5.88 Å². The molecule has 8 heteroatoms. The first-order valence-corrected chi connectivity index (χ1v) is 12.9. The standard InChI is InChI=1S/C22H32ClN3O3S/c23-24-6-7-28-22-20(30-17-4-2-1-3-5-17)19(29-26-22)21(27)25-18-15-9-13-8-14(11-15)12-16(18)10-13/h13-18,24H,1-12H2,(H,25,27). The lowest BCUT2D eigenvalue weighted by molar-refractivity contribution is -0.0124. The summed E-state index contributed by atoms with van der Waals surface area (Å²) >= 11 is 7.25. The number of hydrogen-bond acceptors (Lipinski definition) is 6. The molecule has 0 aromatic carbocycles. The van der Waals surface area contributed by atoms with Gasteiger partial charge in [-0.05, 0) is 85.6 Å². The van der Waals surface area contributed by atoms with Gasteiger partial charge in [0.25, 0.3) is 11.8 Å². The molecule has 1 aromatic heterocycles. The topological polar surface area (TPSA) is 76.4 Å². The van der Waals surface area contributed by atoms with Gasteiger partial charge in [-0.15, -0.1) is 11.8 Å². The van der Waals surface area contributed by atoms with Crippen LogP contribution >= 0.6 is 23.5 Å². The maximum Gasteiger partial charge on any atom is 0.291 e. The Morgan fingerprint density at radius 1 is 1.10 bits per heavy atom. The Labute approximate surface area is 187 Å². The number of carbonyl (C=O) groups excluding carboxylic acids is 1. The molecule has 1 aromatic rings. The number of aromatic nitrogens is 1. The highest BCUT2D eigenvalue weighted by Gasteiger charge is 2.49. The molecule has 5 aliphatic carbocycles. The largest absolute Gasteiger partial charge is 0.473 e. The van der Waals surface area contributed by atoms with E-state index in [0.29, 0.717) is 41.9 Å². The summed E-state index contributed by atoms with van der Waals surface area (Å²) in [6.45, 7) is 0.877. The lowest BCUT2D eigenvalue weighted by atomic mass is 9.54. The molecule has 1 amide bonds. The van der Waals surface area contributed by atoms with Crippen LogP contribution in [0.15, 0.2) is 9.42 Å². The molecule has 5 fully saturated rings. The summed E-state index contributed by atoms with van der Waals surface area (Å²) in [5, 5.41) is 7.96. The summed E-state index contributed by atoms with van der Waals surface area (Å²) in [5.74, 6) is 3.67. The minimum atomic E-state index is -0.122. The second kappa shape index (κ2) is 9.29. The van der Waals surface area contributed by atoms with E-state index in [2.05, 4.69) is 15.3 Å². The summed E-state index contributed by atoms with van der Waals surface area (Å²) in [4.78, 5) is 16.6.